The number of hydrogen-bond donors (Lipinski definition) is 2. The number of nitrogens with zero attached hydrogens (tertiary/aromatic N) is 1. The van der Waals surface area contributed by atoms with Gasteiger partial charge in [0.15, 0.2) is 0 Å². The molecule has 0 aliphatic heterocycles. The summed E-state index contributed by atoms with van der Waals surface area (Å²) in [7, 11) is -2.55. The minimum atomic E-state index is -3.77. The Bertz CT molecular complexity index is 856. The first-order valence-corrected chi connectivity index (χ1v) is 8.52. The van der Waals surface area contributed by atoms with Crippen molar-refractivity contribution >= 4 is 21.4 Å². The summed E-state index contributed by atoms with van der Waals surface area (Å²) in [5.41, 5.74) is 0.299. The molecule has 0 saturated heterocycles. The maximum atomic E-state index is 13.5. The molecule has 2 aromatic rings. The zero-order valence-electron chi connectivity index (χ0n) is 12.8. The van der Waals surface area contributed by atoms with Gasteiger partial charge in [-0.15, -0.1) is 0 Å². The maximum absolute atomic E-state index is 13.5. The highest BCUT2D eigenvalue weighted by atomic mass is 32.2. The first-order chi connectivity index (χ1) is 11.3. The second-order valence-corrected chi connectivity index (χ2v) is 6.80. The van der Waals surface area contributed by atoms with Crippen LogP contribution in [0.5, 0.6) is 0 Å². The molecule has 9 heteroatoms. The van der Waals surface area contributed by atoms with E-state index in [1.54, 1.807) is 18.2 Å². The van der Waals surface area contributed by atoms with Gasteiger partial charge in [-0.3, -0.25) is 10.1 Å². The summed E-state index contributed by atoms with van der Waals surface area (Å²) in [6, 6.07) is 9.84. The van der Waals surface area contributed by atoms with E-state index in [2.05, 4.69) is 10.0 Å². The molecule has 2 rings (SSSR count). The summed E-state index contributed by atoms with van der Waals surface area (Å²) in [6.45, 7) is 0.264. The summed E-state index contributed by atoms with van der Waals surface area (Å²) >= 11 is 0. The molecule has 0 atom stereocenters. The molecular formula is C15H16FN3O4S. The lowest BCUT2D eigenvalue weighted by molar-refractivity contribution is -0.384. The molecule has 0 spiro atoms. The molecule has 0 unspecified atom stereocenters. The van der Waals surface area contributed by atoms with Gasteiger partial charge in [-0.25, -0.2) is 17.5 Å². The van der Waals surface area contributed by atoms with Gasteiger partial charge in [0.25, 0.3) is 5.69 Å². The van der Waals surface area contributed by atoms with Crippen LogP contribution in [-0.2, 0) is 16.4 Å². The molecular weight excluding hydrogens is 337 g/mol. The lowest BCUT2D eigenvalue weighted by atomic mass is 10.1. The maximum Gasteiger partial charge on any atom is 0.293 e. The minimum Gasteiger partial charge on any atom is -0.379 e. The Labute approximate surface area is 138 Å². The SMILES string of the molecule is CNS(=O)(=O)c1ccc(NCCc2ccccc2F)c([N+](=O)[O-])c1. The minimum absolute atomic E-state index is 0.173. The first kappa shape index (κ1) is 17.8. The van der Waals surface area contributed by atoms with Gasteiger partial charge in [0, 0.05) is 12.6 Å². The Morgan fingerprint density at radius 3 is 2.54 bits per heavy atom. The predicted octanol–water partition coefficient (Wildman–Crippen LogP) is 2.30. The number of nitro benzene ring substituents is 1. The number of rotatable bonds is 7. The highest BCUT2D eigenvalue weighted by Gasteiger charge is 2.20. The average molecular weight is 353 g/mol. The largest absolute Gasteiger partial charge is 0.379 e. The Morgan fingerprint density at radius 2 is 1.92 bits per heavy atom. The molecule has 0 amide bonds. The topological polar surface area (TPSA) is 101 Å². The van der Waals surface area contributed by atoms with E-state index in [1.165, 1.54) is 25.2 Å². The molecule has 0 bridgehead atoms. The van der Waals surface area contributed by atoms with Crippen molar-refractivity contribution in [3.8, 4) is 0 Å². The lowest BCUT2D eigenvalue weighted by Crippen LogP contribution is -2.19. The molecule has 2 aromatic carbocycles. The number of anilines is 1. The van der Waals surface area contributed by atoms with E-state index in [-0.39, 0.29) is 28.6 Å². The van der Waals surface area contributed by atoms with E-state index in [9.17, 15) is 22.9 Å². The van der Waals surface area contributed by atoms with Gasteiger partial charge < -0.3 is 5.32 Å². The summed E-state index contributed by atoms with van der Waals surface area (Å²) in [4.78, 5) is 10.3. The van der Waals surface area contributed by atoms with Crippen LogP contribution in [0.3, 0.4) is 0 Å². The number of benzene rings is 2. The van der Waals surface area contributed by atoms with Crippen molar-refractivity contribution in [1.82, 2.24) is 4.72 Å². The molecule has 24 heavy (non-hydrogen) atoms. The van der Waals surface area contributed by atoms with Crippen LogP contribution in [-0.4, -0.2) is 26.9 Å². The Balaban J connectivity index is 2.18. The van der Waals surface area contributed by atoms with Crippen molar-refractivity contribution in [3.05, 3.63) is 64.0 Å². The van der Waals surface area contributed by atoms with Gasteiger partial charge in [-0.1, -0.05) is 18.2 Å². The molecule has 0 aromatic heterocycles. The van der Waals surface area contributed by atoms with Crippen molar-refractivity contribution in [2.45, 2.75) is 11.3 Å². The van der Waals surface area contributed by atoms with Gasteiger partial charge in [-0.05, 0) is 37.2 Å². The Morgan fingerprint density at radius 1 is 1.21 bits per heavy atom. The van der Waals surface area contributed by atoms with Crippen molar-refractivity contribution in [2.75, 3.05) is 18.9 Å². The number of nitrogens with one attached hydrogen (secondary N) is 2. The predicted molar refractivity (Wildman–Crippen MR) is 87.9 cm³/mol. The van der Waals surface area contributed by atoms with E-state index >= 15 is 0 Å². The van der Waals surface area contributed by atoms with Crippen LogP contribution >= 0.6 is 0 Å². The van der Waals surface area contributed by atoms with E-state index < -0.39 is 14.9 Å². The normalized spacial score (nSPS) is 11.2. The summed E-state index contributed by atoms with van der Waals surface area (Å²) in [6.07, 6.45) is 0.334. The summed E-state index contributed by atoms with van der Waals surface area (Å²) in [5, 5.41) is 14.0. The number of nitro groups is 1. The third-order valence-electron chi connectivity index (χ3n) is 3.41. The lowest BCUT2D eigenvalue weighted by Gasteiger charge is -2.09. The van der Waals surface area contributed by atoms with Crippen molar-refractivity contribution in [1.29, 1.82) is 0 Å². The van der Waals surface area contributed by atoms with Crippen LogP contribution in [0.15, 0.2) is 47.4 Å². The highest BCUT2D eigenvalue weighted by molar-refractivity contribution is 7.89. The summed E-state index contributed by atoms with van der Waals surface area (Å²) < 4.78 is 39.1. The number of halogens is 1. The van der Waals surface area contributed by atoms with Crippen molar-refractivity contribution in [2.24, 2.45) is 0 Å². The fraction of sp³-hybridized carbons (Fsp3) is 0.200. The molecule has 0 aliphatic carbocycles. The highest BCUT2D eigenvalue weighted by Crippen LogP contribution is 2.27. The number of hydrogen-bond acceptors (Lipinski definition) is 5. The van der Waals surface area contributed by atoms with Crippen LogP contribution in [0, 0.1) is 15.9 Å². The molecule has 0 saturated carbocycles. The molecule has 0 radical (unpaired) electrons. The van der Waals surface area contributed by atoms with Crippen LogP contribution in [0.1, 0.15) is 5.56 Å². The fourth-order valence-electron chi connectivity index (χ4n) is 2.13. The monoisotopic (exact) mass is 353 g/mol. The quantitative estimate of drug-likeness (QED) is 0.587. The number of sulfonamides is 1. The first-order valence-electron chi connectivity index (χ1n) is 7.04. The Kier molecular flexibility index (Phi) is 5.47. The molecule has 0 aliphatic rings. The molecule has 7 nitrogen and oxygen atoms in total. The Hall–Kier alpha value is -2.52. The zero-order chi connectivity index (χ0) is 17.7. The molecule has 128 valence electrons. The van der Waals surface area contributed by atoms with Gasteiger partial charge in [0.05, 0.1) is 9.82 Å². The van der Waals surface area contributed by atoms with Gasteiger partial charge in [0.2, 0.25) is 10.0 Å². The van der Waals surface area contributed by atoms with Crippen molar-refractivity contribution in [3.63, 3.8) is 0 Å². The van der Waals surface area contributed by atoms with Gasteiger partial charge >= 0.3 is 0 Å². The zero-order valence-corrected chi connectivity index (χ0v) is 13.6. The summed E-state index contributed by atoms with van der Waals surface area (Å²) in [5.74, 6) is -0.343. The molecule has 0 fully saturated rings. The molecule has 2 N–H and O–H groups in total. The van der Waals surface area contributed by atoms with Gasteiger partial charge in [-0.2, -0.15) is 0 Å². The van der Waals surface area contributed by atoms with Crippen LogP contribution < -0.4 is 10.0 Å². The smallest absolute Gasteiger partial charge is 0.293 e. The third-order valence-corrected chi connectivity index (χ3v) is 4.82. The van der Waals surface area contributed by atoms with Crippen LogP contribution in [0.25, 0.3) is 0 Å². The van der Waals surface area contributed by atoms with Crippen molar-refractivity contribution < 1.29 is 17.7 Å². The molecule has 0 heterocycles. The van der Waals surface area contributed by atoms with E-state index in [0.29, 0.717) is 12.0 Å². The van der Waals surface area contributed by atoms with E-state index in [4.69, 9.17) is 0 Å². The standard InChI is InChI=1S/C15H16FN3O4S/c1-17-24(22,23)12-6-7-14(15(10-12)19(20)21)18-9-8-11-4-2-3-5-13(11)16/h2-7,10,17-18H,8-9H2,1H3. The van der Waals surface area contributed by atoms with E-state index in [1.807, 2.05) is 0 Å². The van der Waals surface area contributed by atoms with Gasteiger partial charge in [0.1, 0.15) is 11.5 Å². The van der Waals surface area contributed by atoms with E-state index in [0.717, 1.165) is 6.07 Å². The third kappa shape index (κ3) is 4.06. The second-order valence-electron chi connectivity index (χ2n) is 4.91. The van der Waals surface area contributed by atoms with Crippen LogP contribution in [0.4, 0.5) is 15.8 Å². The van der Waals surface area contributed by atoms with Crippen LogP contribution in [0.2, 0.25) is 0 Å². The fourth-order valence-corrected chi connectivity index (χ4v) is 2.88. The second kappa shape index (κ2) is 7.37. The average Bonchev–Trinajstić information content (AvgIpc) is 2.56.